The number of carbonyl (C=O) groups excluding carboxylic acids is 1. The molecule has 1 N–H and O–H groups in total. The lowest BCUT2D eigenvalue weighted by atomic mass is 10.2. The Morgan fingerprint density at radius 3 is 2.64 bits per heavy atom. The maximum Gasteiger partial charge on any atom is 0.251 e. The van der Waals surface area contributed by atoms with Crippen molar-refractivity contribution in [3.05, 3.63) is 35.4 Å². The molecule has 0 bridgehead atoms. The molecule has 3 rings (SSSR count). The van der Waals surface area contributed by atoms with Crippen molar-refractivity contribution >= 4 is 34.2 Å². The van der Waals surface area contributed by atoms with E-state index in [0.717, 1.165) is 16.7 Å². The fourth-order valence-electron chi connectivity index (χ4n) is 2.68. The number of benzene rings is 1. The van der Waals surface area contributed by atoms with Crippen molar-refractivity contribution in [3.63, 3.8) is 0 Å². The molecule has 1 fully saturated rings. The molecule has 1 aromatic carbocycles. The molecule has 1 aliphatic rings. The second-order valence-electron chi connectivity index (χ2n) is 5.49. The summed E-state index contributed by atoms with van der Waals surface area (Å²) in [5.41, 5.74) is 0.907. The van der Waals surface area contributed by atoms with E-state index in [1.165, 1.54) is 6.92 Å². The van der Waals surface area contributed by atoms with Crippen LogP contribution in [0.2, 0.25) is 5.02 Å². The van der Waals surface area contributed by atoms with Gasteiger partial charge in [0.1, 0.15) is 11.9 Å². The minimum Gasteiger partial charge on any atom is -0.384 e. The summed E-state index contributed by atoms with van der Waals surface area (Å²) in [6.07, 6.45) is -0.935. The first-order valence-electron chi connectivity index (χ1n) is 7.33. The number of amides is 1. The zero-order valence-corrected chi connectivity index (χ0v) is 13.1. The Bertz CT molecular complexity index is 697. The Morgan fingerprint density at radius 1 is 1.23 bits per heavy atom. The minimum atomic E-state index is -0.935. The van der Waals surface area contributed by atoms with Gasteiger partial charge in [-0.3, -0.25) is 4.79 Å². The predicted molar refractivity (Wildman–Crippen MR) is 87.2 cm³/mol. The van der Waals surface area contributed by atoms with Gasteiger partial charge in [-0.05, 0) is 37.3 Å². The Kier molecular flexibility index (Phi) is 4.18. The molecule has 0 radical (unpaired) electrons. The number of rotatable bonds is 2. The number of anilines is 1. The second kappa shape index (κ2) is 6.10. The molecule has 1 aliphatic heterocycles. The zero-order chi connectivity index (χ0) is 15.7. The molecule has 1 aromatic heterocycles. The van der Waals surface area contributed by atoms with Gasteiger partial charge in [0.25, 0.3) is 5.91 Å². The van der Waals surface area contributed by atoms with Gasteiger partial charge in [-0.2, -0.15) is 0 Å². The second-order valence-corrected chi connectivity index (χ2v) is 5.93. The molecular weight excluding hydrogens is 302 g/mol. The standard InChI is InChI=1S/C16H18ClN3O2/c1-11(21)16(22)20-8-6-19(7-9-20)15-5-2-12-10-13(17)3-4-14(12)18-15/h2-5,10-11,21H,6-9H2,1H3. The van der Waals surface area contributed by atoms with Crippen LogP contribution in [0, 0.1) is 0 Å². The van der Waals surface area contributed by atoms with Crippen LogP contribution in [0.25, 0.3) is 10.9 Å². The van der Waals surface area contributed by atoms with Gasteiger partial charge in [-0.1, -0.05) is 11.6 Å². The smallest absolute Gasteiger partial charge is 0.251 e. The van der Waals surface area contributed by atoms with Crippen LogP contribution in [0.4, 0.5) is 5.82 Å². The summed E-state index contributed by atoms with van der Waals surface area (Å²) in [5.74, 6) is 0.694. The van der Waals surface area contributed by atoms with Gasteiger partial charge in [-0.15, -0.1) is 0 Å². The number of piperazine rings is 1. The van der Waals surface area contributed by atoms with E-state index in [1.54, 1.807) is 4.90 Å². The summed E-state index contributed by atoms with van der Waals surface area (Å²) in [7, 11) is 0. The first-order valence-corrected chi connectivity index (χ1v) is 7.70. The minimum absolute atomic E-state index is 0.208. The quantitative estimate of drug-likeness (QED) is 0.919. The number of aliphatic hydroxyl groups is 1. The Hall–Kier alpha value is -1.85. The van der Waals surface area contributed by atoms with Crippen molar-refractivity contribution in [3.8, 4) is 0 Å². The van der Waals surface area contributed by atoms with E-state index in [0.29, 0.717) is 31.2 Å². The molecule has 5 nitrogen and oxygen atoms in total. The summed E-state index contributed by atoms with van der Waals surface area (Å²) in [4.78, 5) is 20.3. The van der Waals surface area contributed by atoms with Crippen LogP contribution in [-0.2, 0) is 4.79 Å². The fourth-order valence-corrected chi connectivity index (χ4v) is 2.86. The molecule has 2 heterocycles. The number of pyridine rings is 1. The van der Waals surface area contributed by atoms with Crippen molar-refractivity contribution in [2.75, 3.05) is 31.1 Å². The maximum atomic E-state index is 11.8. The molecule has 0 aliphatic carbocycles. The Morgan fingerprint density at radius 2 is 1.95 bits per heavy atom. The van der Waals surface area contributed by atoms with E-state index in [9.17, 15) is 9.90 Å². The van der Waals surface area contributed by atoms with Crippen LogP contribution in [0.5, 0.6) is 0 Å². The third-order valence-corrected chi connectivity index (χ3v) is 4.14. The molecule has 0 saturated carbocycles. The van der Waals surface area contributed by atoms with Crippen LogP contribution in [0.15, 0.2) is 30.3 Å². The summed E-state index contributed by atoms with van der Waals surface area (Å²) >= 11 is 5.98. The maximum absolute atomic E-state index is 11.8. The van der Waals surface area contributed by atoms with Gasteiger partial charge in [0.2, 0.25) is 0 Å². The third kappa shape index (κ3) is 3.00. The van der Waals surface area contributed by atoms with E-state index in [4.69, 9.17) is 11.6 Å². The van der Waals surface area contributed by atoms with Crippen molar-refractivity contribution in [1.29, 1.82) is 0 Å². The number of aromatic nitrogens is 1. The predicted octanol–water partition coefficient (Wildman–Crippen LogP) is 1.92. The summed E-state index contributed by atoms with van der Waals surface area (Å²) in [5, 5.41) is 11.1. The fraction of sp³-hybridized carbons (Fsp3) is 0.375. The van der Waals surface area contributed by atoms with Gasteiger partial charge in [-0.25, -0.2) is 4.98 Å². The van der Waals surface area contributed by atoms with Gasteiger partial charge < -0.3 is 14.9 Å². The van der Waals surface area contributed by atoms with Crippen LogP contribution in [0.1, 0.15) is 6.92 Å². The average molecular weight is 320 g/mol. The number of nitrogens with zero attached hydrogens (tertiary/aromatic N) is 3. The molecular formula is C16H18ClN3O2. The highest BCUT2D eigenvalue weighted by Gasteiger charge is 2.24. The highest BCUT2D eigenvalue weighted by Crippen LogP contribution is 2.22. The number of carbonyl (C=O) groups is 1. The van der Waals surface area contributed by atoms with E-state index in [-0.39, 0.29) is 5.91 Å². The monoisotopic (exact) mass is 319 g/mol. The van der Waals surface area contributed by atoms with E-state index >= 15 is 0 Å². The summed E-state index contributed by atoms with van der Waals surface area (Å²) in [6, 6.07) is 9.63. The molecule has 1 atom stereocenters. The topological polar surface area (TPSA) is 56.7 Å². The normalized spacial score (nSPS) is 16.9. The van der Waals surface area contributed by atoms with Crippen LogP contribution in [-0.4, -0.2) is 53.2 Å². The molecule has 6 heteroatoms. The molecule has 22 heavy (non-hydrogen) atoms. The van der Waals surface area contributed by atoms with Crippen LogP contribution >= 0.6 is 11.6 Å². The largest absolute Gasteiger partial charge is 0.384 e. The molecule has 1 amide bonds. The molecule has 1 unspecified atom stereocenters. The molecule has 116 valence electrons. The molecule has 0 spiro atoms. The molecule has 1 saturated heterocycles. The highest BCUT2D eigenvalue weighted by molar-refractivity contribution is 6.31. The average Bonchev–Trinajstić information content (AvgIpc) is 2.53. The van der Waals surface area contributed by atoms with Gasteiger partial charge >= 0.3 is 0 Å². The number of fused-ring (bicyclic) bond motifs is 1. The van der Waals surface area contributed by atoms with Gasteiger partial charge in [0, 0.05) is 36.6 Å². The lowest BCUT2D eigenvalue weighted by Gasteiger charge is -2.36. The Balaban J connectivity index is 1.73. The van der Waals surface area contributed by atoms with E-state index < -0.39 is 6.10 Å². The number of aliphatic hydroxyl groups excluding tert-OH is 1. The van der Waals surface area contributed by atoms with Crippen molar-refractivity contribution < 1.29 is 9.90 Å². The first-order chi connectivity index (χ1) is 10.5. The number of hydrogen-bond acceptors (Lipinski definition) is 4. The lowest BCUT2D eigenvalue weighted by molar-refractivity contribution is -0.139. The van der Waals surface area contributed by atoms with Crippen molar-refractivity contribution in [2.24, 2.45) is 0 Å². The zero-order valence-electron chi connectivity index (χ0n) is 12.4. The summed E-state index contributed by atoms with van der Waals surface area (Å²) in [6.45, 7) is 4.13. The molecule has 2 aromatic rings. The highest BCUT2D eigenvalue weighted by atomic mass is 35.5. The lowest BCUT2D eigenvalue weighted by Crippen LogP contribution is -2.51. The summed E-state index contributed by atoms with van der Waals surface area (Å²) < 4.78 is 0. The van der Waals surface area contributed by atoms with Gasteiger partial charge in [0.05, 0.1) is 5.52 Å². The van der Waals surface area contributed by atoms with E-state index in [1.807, 2.05) is 30.3 Å². The SMILES string of the molecule is CC(O)C(=O)N1CCN(c2ccc3cc(Cl)ccc3n2)CC1. The van der Waals surface area contributed by atoms with Crippen LogP contribution in [0.3, 0.4) is 0 Å². The van der Waals surface area contributed by atoms with Crippen molar-refractivity contribution in [1.82, 2.24) is 9.88 Å². The third-order valence-electron chi connectivity index (χ3n) is 3.91. The van der Waals surface area contributed by atoms with Gasteiger partial charge in [0.15, 0.2) is 0 Å². The van der Waals surface area contributed by atoms with Crippen molar-refractivity contribution in [2.45, 2.75) is 13.0 Å². The number of halogens is 1. The van der Waals surface area contributed by atoms with E-state index in [2.05, 4.69) is 9.88 Å². The van der Waals surface area contributed by atoms with Crippen LogP contribution < -0.4 is 4.90 Å². The number of hydrogen-bond donors (Lipinski definition) is 1. The first kappa shape index (κ1) is 15.1. The Labute approximate surface area is 134 Å².